The molecule has 3 N–H and O–H groups in total. The molecule has 220 valence electrons. The summed E-state index contributed by atoms with van der Waals surface area (Å²) in [5.74, 6) is -0.591. The van der Waals surface area contributed by atoms with E-state index < -0.39 is 18.3 Å². The van der Waals surface area contributed by atoms with Crippen molar-refractivity contribution in [2.24, 2.45) is 5.92 Å². The van der Waals surface area contributed by atoms with Crippen molar-refractivity contribution >= 4 is 29.1 Å². The first-order valence-corrected chi connectivity index (χ1v) is 13.6. The zero-order valence-corrected chi connectivity index (χ0v) is 23.7. The summed E-state index contributed by atoms with van der Waals surface area (Å²) >= 11 is 6.12. The van der Waals surface area contributed by atoms with E-state index in [9.17, 15) is 18.0 Å². The van der Waals surface area contributed by atoms with Gasteiger partial charge in [0, 0.05) is 22.8 Å². The van der Waals surface area contributed by atoms with Crippen LogP contribution in [-0.4, -0.2) is 51.6 Å². The summed E-state index contributed by atoms with van der Waals surface area (Å²) in [6, 6.07) is 6.65. The average Bonchev–Trinajstić information content (AvgIpc) is 3.36. The number of nitrogens with zero attached hydrogens (tertiary/aromatic N) is 4. The molecule has 0 radical (unpaired) electrons. The van der Waals surface area contributed by atoms with E-state index in [1.54, 1.807) is 33.2 Å². The lowest BCUT2D eigenvalue weighted by Gasteiger charge is -2.26. The third kappa shape index (κ3) is 7.56. The topological polar surface area (TPSA) is 117 Å². The van der Waals surface area contributed by atoms with Crippen molar-refractivity contribution in [1.82, 2.24) is 25.1 Å². The molecule has 0 bridgehead atoms. The summed E-state index contributed by atoms with van der Waals surface area (Å²) < 4.78 is 55.2. The maximum absolute atomic E-state index is 14.4. The van der Waals surface area contributed by atoms with Gasteiger partial charge in [0.1, 0.15) is 6.04 Å². The maximum Gasteiger partial charge on any atom is 0.429 e. The average molecular weight is 593 g/mol. The number of nitrogens with two attached hydrogens (primary N) is 1. The number of aryl methyl sites for hydroxylation is 1. The fraction of sp³-hybridized carbons (Fsp3) is 0.429. The molecule has 0 aliphatic heterocycles. The van der Waals surface area contributed by atoms with E-state index in [0.717, 1.165) is 12.0 Å². The van der Waals surface area contributed by atoms with Gasteiger partial charge in [0.05, 0.1) is 23.7 Å². The molecule has 1 aromatic carbocycles. The fourth-order valence-corrected chi connectivity index (χ4v) is 4.99. The number of alkyl halides is 3. The Morgan fingerprint density at radius 3 is 2.66 bits per heavy atom. The number of nitrogens with one attached hydrogen (secondary N) is 1. The molecule has 1 aliphatic rings. The Labute approximate surface area is 240 Å². The van der Waals surface area contributed by atoms with Crippen LogP contribution in [0, 0.1) is 12.8 Å². The fourth-order valence-electron chi connectivity index (χ4n) is 4.82. The van der Waals surface area contributed by atoms with E-state index in [0.29, 0.717) is 37.3 Å². The molecular weight excluding hydrogens is 561 g/mol. The summed E-state index contributed by atoms with van der Waals surface area (Å²) in [5.41, 5.74) is 7.67. The van der Waals surface area contributed by atoms with Crippen molar-refractivity contribution in [1.29, 1.82) is 0 Å². The molecule has 0 fully saturated rings. The van der Waals surface area contributed by atoms with Crippen molar-refractivity contribution in [3.63, 3.8) is 0 Å². The molecule has 9 nitrogen and oxygen atoms in total. The molecule has 1 unspecified atom stereocenters. The third-order valence-electron chi connectivity index (χ3n) is 6.84. The summed E-state index contributed by atoms with van der Waals surface area (Å²) in [4.78, 5) is 20.3. The number of nitrogen functional groups attached to an aromatic ring is 1. The SMILES string of the molecule is CCOC(=O)[C@H](CC1CC=C(c2cc(O[C@H](c3ccc(Cl)cc3-n3ccc(C)n3)C(F)(F)F)nc(N)n2)CC1)NC. The van der Waals surface area contributed by atoms with E-state index in [2.05, 4.69) is 20.4 Å². The number of likely N-dealkylation sites (N-methyl/N-ethyl adjacent to an activating group) is 1. The number of esters is 1. The van der Waals surface area contributed by atoms with Crippen LogP contribution in [-0.2, 0) is 9.53 Å². The Morgan fingerprint density at radius 1 is 1.27 bits per heavy atom. The van der Waals surface area contributed by atoms with Crippen molar-refractivity contribution < 1.29 is 27.4 Å². The number of aromatic nitrogens is 4. The predicted octanol–water partition coefficient (Wildman–Crippen LogP) is 5.61. The lowest BCUT2D eigenvalue weighted by Crippen LogP contribution is -2.37. The Kier molecular flexibility index (Phi) is 9.54. The Balaban J connectivity index is 1.58. The van der Waals surface area contributed by atoms with Gasteiger partial charge >= 0.3 is 12.1 Å². The number of hydrogen-bond acceptors (Lipinski definition) is 8. The van der Waals surface area contributed by atoms with Crippen LogP contribution < -0.4 is 15.8 Å². The van der Waals surface area contributed by atoms with Gasteiger partial charge in [-0.3, -0.25) is 4.79 Å². The molecule has 3 aromatic rings. The van der Waals surface area contributed by atoms with Crippen molar-refractivity contribution in [2.45, 2.75) is 57.9 Å². The second-order valence-electron chi connectivity index (χ2n) is 9.79. The van der Waals surface area contributed by atoms with E-state index in [1.165, 1.54) is 28.9 Å². The van der Waals surface area contributed by atoms with Gasteiger partial charge in [-0.2, -0.15) is 23.3 Å². The number of anilines is 1. The minimum absolute atomic E-state index is 0.124. The molecule has 1 aliphatic carbocycles. The summed E-state index contributed by atoms with van der Waals surface area (Å²) in [6.45, 7) is 3.80. The maximum atomic E-state index is 14.4. The van der Waals surface area contributed by atoms with Gasteiger partial charge in [0.25, 0.3) is 0 Å². The standard InChI is InChI=1S/C28H32ClF3N6O3/c1-4-40-26(39)22(34-3)13-17-5-7-18(8-6-17)21-15-24(36-27(33)35-21)41-25(28(30,31)32)20-10-9-19(29)14-23(20)38-12-11-16(2)37-38/h7,9-12,14-15,17,22,25,34H,4-6,8,13H2,1-3H3,(H2,33,35,36)/t17?,22-,25+/m0/s1. The molecule has 41 heavy (non-hydrogen) atoms. The highest BCUT2D eigenvalue weighted by atomic mass is 35.5. The van der Waals surface area contributed by atoms with Crippen LogP contribution in [0.2, 0.25) is 5.02 Å². The van der Waals surface area contributed by atoms with Crippen LogP contribution in [0.15, 0.2) is 42.6 Å². The van der Waals surface area contributed by atoms with Gasteiger partial charge < -0.3 is 20.5 Å². The van der Waals surface area contributed by atoms with Gasteiger partial charge in [0.15, 0.2) is 0 Å². The van der Waals surface area contributed by atoms with Crippen LogP contribution in [0.4, 0.5) is 19.1 Å². The first-order valence-electron chi connectivity index (χ1n) is 13.2. The van der Waals surface area contributed by atoms with Crippen LogP contribution >= 0.6 is 11.6 Å². The predicted molar refractivity (Wildman–Crippen MR) is 149 cm³/mol. The zero-order chi connectivity index (χ0) is 29.7. The smallest absolute Gasteiger partial charge is 0.429 e. The van der Waals surface area contributed by atoms with Crippen molar-refractivity contribution in [3.05, 3.63) is 64.6 Å². The highest BCUT2D eigenvalue weighted by molar-refractivity contribution is 6.30. The largest absolute Gasteiger partial charge is 0.465 e. The summed E-state index contributed by atoms with van der Waals surface area (Å²) in [6.07, 6.45) is -1.04. The zero-order valence-electron chi connectivity index (χ0n) is 22.9. The minimum Gasteiger partial charge on any atom is -0.465 e. The monoisotopic (exact) mass is 592 g/mol. The number of carbonyl (C=O) groups is 1. The first-order chi connectivity index (χ1) is 19.5. The first kappa shape index (κ1) is 30.3. The van der Waals surface area contributed by atoms with Gasteiger partial charge in [-0.05, 0) is 76.3 Å². The van der Waals surface area contributed by atoms with Gasteiger partial charge in [-0.25, -0.2) is 9.67 Å². The Morgan fingerprint density at radius 2 is 2.05 bits per heavy atom. The normalized spacial score (nSPS) is 17.0. The van der Waals surface area contributed by atoms with E-state index >= 15 is 0 Å². The van der Waals surface area contributed by atoms with E-state index in [4.69, 9.17) is 26.8 Å². The Bertz CT molecular complexity index is 1410. The molecular formula is C28H32ClF3N6O3. The quantitative estimate of drug-likeness (QED) is 0.292. The van der Waals surface area contributed by atoms with Crippen LogP contribution in [0.1, 0.15) is 55.7 Å². The van der Waals surface area contributed by atoms with Crippen molar-refractivity contribution in [3.8, 4) is 11.6 Å². The summed E-state index contributed by atoms with van der Waals surface area (Å²) in [7, 11) is 1.72. The van der Waals surface area contributed by atoms with Gasteiger partial charge in [0.2, 0.25) is 17.9 Å². The second-order valence-corrected chi connectivity index (χ2v) is 10.2. The van der Waals surface area contributed by atoms with Gasteiger partial charge in [-0.15, -0.1) is 0 Å². The number of benzene rings is 1. The summed E-state index contributed by atoms with van der Waals surface area (Å²) in [5, 5.41) is 7.49. The number of rotatable bonds is 10. The number of allylic oxidation sites excluding steroid dienone is 2. The number of halogens is 4. The molecule has 0 spiro atoms. The second kappa shape index (κ2) is 12.9. The molecule has 13 heteroatoms. The van der Waals surface area contributed by atoms with Crippen LogP contribution in [0.25, 0.3) is 11.3 Å². The molecule has 4 rings (SSSR count). The molecule has 0 saturated carbocycles. The van der Waals surface area contributed by atoms with Crippen LogP contribution in [0.3, 0.4) is 0 Å². The highest BCUT2D eigenvalue weighted by Crippen LogP contribution is 2.40. The van der Waals surface area contributed by atoms with E-state index in [-0.39, 0.29) is 40.0 Å². The highest BCUT2D eigenvalue weighted by Gasteiger charge is 2.45. The van der Waals surface area contributed by atoms with Crippen molar-refractivity contribution in [2.75, 3.05) is 19.4 Å². The lowest BCUT2D eigenvalue weighted by molar-refractivity contribution is -0.198. The molecule has 0 amide bonds. The van der Waals surface area contributed by atoms with Gasteiger partial charge in [-0.1, -0.05) is 23.7 Å². The van der Waals surface area contributed by atoms with E-state index in [1.807, 2.05) is 6.08 Å². The number of carbonyl (C=O) groups excluding carboxylic acids is 1. The van der Waals surface area contributed by atoms with Crippen LogP contribution in [0.5, 0.6) is 5.88 Å². The minimum atomic E-state index is -4.80. The Hall–Kier alpha value is -3.64. The lowest BCUT2D eigenvalue weighted by atomic mass is 9.84. The molecule has 2 aromatic heterocycles. The number of ether oxygens (including phenoxy) is 2. The molecule has 2 heterocycles. The molecule has 3 atom stereocenters. The number of hydrogen-bond donors (Lipinski definition) is 2. The molecule has 0 saturated heterocycles. The third-order valence-corrected chi connectivity index (χ3v) is 7.07.